The zero-order valence-electron chi connectivity index (χ0n) is 10.7. The highest BCUT2D eigenvalue weighted by molar-refractivity contribution is 6.02. The van der Waals surface area contributed by atoms with Crippen molar-refractivity contribution < 1.29 is 9.59 Å². The van der Waals surface area contributed by atoms with Gasteiger partial charge in [0.2, 0.25) is 11.8 Å². The van der Waals surface area contributed by atoms with Crippen molar-refractivity contribution in [2.45, 2.75) is 71.3 Å². The molecule has 0 atom stereocenters. The molecule has 0 unspecified atom stereocenters. The molecule has 0 spiro atoms. The van der Waals surface area contributed by atoms with Crippen LogP contribution in [0, 0.1) is 0 Å². The second kappa shape index (κ2) is 5.46. The van der Waals surface area contributed by atoms with E-state index in [4.69, 9.17) is 0 Å². The monoisotopic (exact) mass is 225 g/mol. The number of likely N-dealkylation sites (tertiary alicyclic amines) is 1. The molecule has 3 nitrogen and oxygen atoms in total. The molecule has 0 radical (unpaired) electrons. The van der Waals surface area contributed by atoms with Crippen molar-refractivity contribution in [3.05, 3.63) is 0 Å². The summed E-state index contributed by atoms with van der Waals surface area (Å²) < 4.78 is 0. The summed E-state index contributed by atoms with van der Waals surface area (Å²) in [6.45, 7) is 6.18. The molecule has 1 aliphatic heterocycles. The van der Waals surface area contributed by atoms with Crippen molar-refractivity contribution in [2.75, 3.05) is 0 Å². The first-order valence-electron chi connectivity index (χ1n) is 6.35. The number of amides is 2. The lowest BCUT2D eigenvalue weighted by Gasteiger charge is -2.34. The fourth-order valence-corrected chi connectivity index (χ4v) is 2.35. The molecular weight excluding hydrogens is 202 g/mol. The van der Waals surface area contributed by atoms with Crippen molar-refractivity contribution in [1.29, 1.82) is 0 Å². The highest BCUT2D eigenvalue weighted by atomic mass is 16.2. The Morgan fingerprint density at radius 1 is 1.06 bits per heavy atom. The van der Waals surface area contributed by atoms with Gasteiger partial charge in [0.25, 0.3) is 0 Å². The zero-order valence-corrected chi connectivity index (χ0v) is 10.7. The molecule has 1 fully saturated rings. The Labute approximate surface area is 98.2 Å². The van der Waals surface area contributed by atoms with E-state index in [0.29, 0.717) is 12.8 Å². The van der Waals surface area contributed by atoms with E-state index in [9.17, 15) is 9.59 Å². The van der Waals surface area contributed by atoms with Crippen LogP contribution in [0.1, 0.15) is 65.7 Å². The Bertz CT molecular complexity index is 255. The van der Waals surface area contributed by atoms with Gasteiger partial charge in [0.1, 0.15) is 0 Å². The summed E-state index contributed by atoms with van der Waals surface area (Å²) in [5, 5.41) is 0. The summed E-state index contributed by atoms with van der Waals surface area (Å²) in [5.41, 5.74) is -0.293. The van der Waals surface area contributed by atoms with Gasteiger partial charge in [-0.1, -0.05) is 32.6 Å². The molecule has 1 heterocycles. The third kappa shape index (κ3) is 3.06. The summed E-state index contributed by atoms with van der Waals surface area (Å²) >= 11 is 0. The van der Waals surface area contributed by atoms with Crippen LogP contribution in [-0.2, 0) is 9.59 Å². The van der Waals surface area contributed by atoms with Gasteiger partial charge >= 0.3 is 0 Å². The van der Waals surface area contributed by atoms with E-state index in [1.807, 2.05) is 13.8 Å². The number of carbonyl (C=O) groups is 2. The lowest BCUT2D eigenvalue weighted by atomic mass is 9.94. The van der Waals surface area contributed by atoms with Gasteiger partial charge < -0.3 is 0 Å². The second-order valence-corrected chi connectivity index (χ2v) is 5.25. The lowest BCUT2D eigenvalue weighted by molar-refractivity contribution is -0.144. The Balaban J connectivity index is 2.48. The topological polar surface area (TPSA) is 37.4 Å². The van der Waals surface area contributed by atoms with Gasteiger partial charge in [-0.3, -0.25) is 14.5 Å². The average molecular weight is 225 g/mol. The Hall–Kier alpha value is -0.860. The number of hydrogen-bond donors (Lipinski definition) is 0. The number of carbonyl (C=O) groups excluding carboxylic acids is 2. The summed E-state index contributed by atoms with van der Waals surface area (Å²) in [6.07, 6.45) is 6.45. The van der Waals surface area contributed by atoms with Crippen LogP contribution in [0.3, 0.4) is 0 Å². The van der Waals surface area contributed by atoms with Crippen molar-refractivity contribution in [3.63, 3.8) is 0 Å². The molecular formula is C13H23NO2. The van der Waals surface area contributed by atoms with Crippen LogP contribution >= 0.6 is 0 Å². The summed E-state index contributed by atoms with van der Waals surface area (Å²) in [6, 6.07) is 0. The summed E-state index contributed by atoms with van der Waals surface area (Å²) in [5.74, 6) is 0.0102. The van der Waals surface area contributed by atoms with Crippen LogP contribution in [0.5, 0.6) is 0 Å². The van der Waals surface area contributed by atoms with E-state index in [-0.39, 0.29) is 17.4 Å². The molecule has 1 aliphatic rings. The van der Waals surface area contributed by atoms with Gasteiger partial charge in [-0.25, -0.2) is 0 Å². The van der Waals surface area contributed by atoms with E-state index in [0.717, 1.165) is 12.8 Å². The minimum Gasteiger partial charge on any atom is -0.277 e. The van der Waals surface area contributed by atoms with Crippen LogP contribution in [0.25, 0.3) is 0 Å². The normalized spacial score (nSPS) is 17.3. The van der Waals surface area contributed by atoms with E-state index >= 15 is 0 Å². The molecule has 1 saturated heterocycles. The van der Waals surface area contributed by atoms with E-state index in [1.54, 1.807) is 0 Å². The van der Waals surface area contributed by atoms with Gasteiger partial charge in [0.05, 0.1) is 0 Å². The van der Waals surface area contributed by atoms with E-state index in [2.05, 4.69) is 6.92 Å². The molecule has 0 aliphatic carbocycles. The Kier molecular flexibility index (Phi) is 4.51. The molecule has 0 N–H and O–H groups in total. The van der Waals surface area contributed by atoms with Gasteiger partial charge in [-0.15, -0.1) is 0 Å². The maximum absolute atomic E-state index is 11.6. The van der Waals surface area contributed by atoms with Crippen molar-refractivity contribution >= 4 is 11.8 Å². The molecule has 1 rings (SSSR count). The van der Waals surface area contributed by atoms with Gasteiger partial charge in [0, 0.05) is 18.4 Å². The standard InChI is InChI=1S/C13H23NO2/c1-4-5-6-7-10-13(2,3)14-11(15)8-9-12(14)16/h4-10H2,1-3H3. The Morgan fingerprint density at radius 2 is 1.62 bits per heavy atom. The lowest BCUT2D eigenvalue weighted by Crippen LogP contribution is -2.47. The minimum atomic E-state index is -0.293. The van der Waals surface area contributed by atoms with E-state index < -0.39 is 0 Å². The quantitative estimate of drug-likeness (QED) is 0.515. The predicted molar refractivity (Wildman–Crippen MR) is 63.9 cm³/mol. The number of hydrogen-bond acceptors (Lipinski definition) is 2. The maximum atomic E-state index is 11.6. The van der Waals surface area contributed by atoms with Crippen LogP contribution < -0.4 is 0 Å². The number of nitrogens with zero attached hydrogens (tertiary/aromatic N) is 1. The van der Waals surface area contributed by atoms with Gasteiger partial charge in [-0.2, -0.15) is 0 Å². The van der Waals surface area contributed by atoms with Crippen LogP contribution in [0.2, 0.25) is 0 Å². The molecule has 0 saturated carbocycles. The molecule has 3 heteroatoms. The number of imide groups is 1. The van der Waals surface area contributed by atoms with Crippen molar-refractivity contribution in [1.82, 2.24) is 4.90 Å². The molecule has 92 valence electrons. The van der Waals surface area contributed by atoms with Crippen LogP contribution in [0.4, 0.5) is 0 Å². The first-order chi connectivity index (χ1) is 7.49. The van der Waals surface area contributed by atoms with Gasteiger partial charge in [-0.05, 0) is 20.3 Å². The van der Waals surface area contributed by atoms with E-state index in [1.165, 1.54) is 24.2 Å². The van der Waals surface area contributed by atoms with Crippen molar-refractivity contribution in [3.8, 4) is 0 Å². The largest absolute Gasteiger partial charge is 0.277 e. The maximum Gasteiger partial charge on any atom is 0.230 e. The Morgan fingerprint density at radius 3 is 2.12 bits per heavy atom. The third-order valence-electron chi connectivity index (χ3n) is 3.30. The zero-order chi connectivity index (χ0) is 12.2. The van der Waals surface area contributed by atoms with Crippen molar-refractivity contribution in [2.24, 2.45) is 0 Å². The molecule has 0 aromatic carbocycles. The molecule has 0 bridgehead atoms. The fourth-order valence-electron chi connectivity index (χ4n) is 2.35. The average Bonchev–Trinajstić information content (AvgIpc) is 2.54. The minimum absolute atomic E-state index is 0.00508. The predicted octanol–water partition coefficient (Wildman–Crippen LogP) is 2.88. The highest BCUT2D eigenvalue weighted by Gasteiger charge is 2.39. The molecule has 0 aromatic rings. The smallest absolute Gasteiger partial charge is 0.230 e. The first kappa shape index (κ1) is 13.2. The number of unbranched alkanes of at least 4 members (excludes halogenated alkanes) is 3. The second-order valence-electron chi connectivity index (χ2n) is 5.25. The third-order valence-corrected chi connectivity index (χ3v) is 3.30. The van der Waals surface area contributed by atoms with Crippen LogP contribution in [0.15, 0.2) is 0 Å². The SMILES string of the molecule is CCCCCCC(C)(C)N1C(=O)CCC1=O. The highest BCUT2D eigenvalue weighted by Crippen LogP contribution is 2.28. The molecule has 16 heavy (non-hydrogen) atoms. The van der Waals surface area contributed by atoms with Gasteiger partial charge in [0.15, 0.2) is 0 Å². The first-order valence-corrected chi connectivity index (χ1v) is 6.35. The van der Waals surface area contributed by atoms with Crippen LogP contribution in [-0.4, -0.2) is 22.3 Å². The number of rotatable bonds is 6. The summed E-state index contributed by atoms with van der Waals surface area (Å²) in [7, 11) is 0. The fraction of sp³-hybridized carbons (Fsp3) is 0.846. The summed E-state index contributed by atoms with van der Waals surface area (Å²) in [4.78, 5) is 24.7. The molecule has 2 amide bonds. The molecule has 0 aromatic heterocycles.